The third-order valence-corrected chi connectivity index (χ3v) is 3.55. The molecule has 0 aromatic heterocycles. The maximum absolute atomic E-state index is 11.8. The molecule has 0 atom stereocenters. The summed E-state index contributed by atoms with van der Waals surface area (Å²) in [5, 5.41) is 0. The maximum atomic E-state index is 11.8. The summed E-state index contributed by atoms with van der Waals surface area (Å²) in [5.74, 6) is -0.0414. The van der Waals surface area contributed by atoms with Gasteiger partial charge in [-0.1, -0.05) is 36.2 Å². The Morgan fingerprint density at radius 2 is 2.19 bits per heavy atom. The van der Waals surface area contributed by atoms with Crippen molar-refractivity contribution in [3.8, 4) is 0 Å². The van der Waals surface area contributed by atoms with Crippen molar-refractivity contribution in [1.29, 1.82) is 0 Å². The van der Waals surface area contributed by atoms with Crippen molar-refractivity contribution in [3.05, 3.63) is 35.4 Å². The molecule has 86 valence electrons. The van der Waals surface area contributed by atoms with E-state index in [1.807, 2.05) is 6.07 Å². The van der Waals surface area contributed by atoms with E-state index in [9.17, 15) is 4.79 Å². The summed E-state index contributed by atoms with van der Waals surface area (Å²) < 4.78 is 4.92. The van der Waals surface area contributed by atoms with Crippen LogP contribution >= 0.6 is 0 Å². The van der Waals surface area contributed by atoms with Crippen LogP contribution in [0.1, 0.15) is 30.4 Å². The second kappa shape index (κ2) is 4.28. The molecular formula is C14H18O2. The Hall–Kier alpha value is -1.31. The molecule has 0 amide bonds. The second-order valence-corrected chi connectivity index (χ2v) is 4.79. The summed E-state index contributed by atoms with van der Waals surface area (Å²) in [6, 6.07) is 8.38. The van der Waals surface area contributed by atoms with Gasteiger partial charge in [0, 0.05) is 0 Å². The molecule has 2 rings (SSSR count). The van der Waals surface area contributed by atoms with E-state index in [1.54, 1.807) is 0 Å². The number of carbonyl (C=O) groups is 1. The van der Waals surface area contributed by atoms with Crippen molar-refractivity contribution in [3.63, 3.8) is 0 Å². The maximum Gasteiger partial charge on any atom is 0.312 e. The van der Waals surface area contributed by atoms with E-state index in [2.05, 4.69) is 25.1 Å². The topological polar surface area (TPSA) is 26.3 Å². The summed E-state index contributed by atoms with van der Waals surface area (Å²) in [6.07, 6.45) is 3.89. The van der Waals surface area contributed by atoms with Crippen LogP contribution in [0.4, 0.5) is 0 Å². The lowest BCUT2D eigenvalue weighted by atomic mass is 9.65. The number of carbonyl (C=O) groups excluding carboxylic acids is 1. The van der Waals surface area contributed by atoms with E-state index in [-0.39, 0.29) is 11.4 Å². The van der Waals surface area contributed by atoms with E-state index in [0.29, 0.717) is 0 Å². The zero-order valence-electron chi connectivity index (χ0n) is 9.95. The van der Waals surface area contributed by atoms with Gasteiger partial charge in [-0.15, -0.1) is 0 Å². The van der Waals surface area contributed by atoms with Gasteiger partial charge in [0.2, 0.25) is 0 Å². The van der Waals surface area contributed by atoms with Gasteiger partial charge in [-0.05, 0) is 31.7 Å². The van der Waals surface area contributed by atoms with Crippen molar-refractivity contribution in [2.24, 2.45) is 5.41 Å². The predicted molar refractivity (Wildman–Crippen MR) is 63.2 cm³/mol. The number of ether oxygens (including phenoxy) is 1. The first-order valence-corrected chi connectivity index (χ1v) is 5.80. The third kappa shape index (κ3) is 1.97. The average Bonchev–Trinajstić information content (AvgIpc) is 2.22. The van der Waals surface area contributed by atoms with Crippen molar-refractivity contribution in [1.82, 2.24) is 0 Å². The fourth-order valence-corrected chi connectivity index (χ4v) is 2.49. The number of rotatable bonds is 3. The van der Waals surface area contributed by atoms with Gasteiger partial charge >= 0.3 is 5.97 Å². The summed E-state index contributed by atoms with van der Waals surface area (Å²) >= 11 is 0. The number of methoxy groups -OCH3 is 1. The Balaban J connectivity index is 2.16. The lowest BCUT2D eigenvalue weighted by Crippen LogP contribution is -2.40. The molecule has 0 radical (unpaired) electrons. The minimum absolute atomic E-state index is 0.0414. The van der Waals surface area contributed by atoms with Crippen LogP contribution in [0.2, 0.25) is 0 Å². The SMILES string of the molecule is COC(=O)C1(Cc2cccc(C)c2)CCC1. The van der Waals surface area contributed by atoms with E-state index in [0.717, 1.165) is 25.7 Å². The van der Waals surface area contributed by atoms with Gasteiger partial charge in [0.15, 0.2) is 0 Å². The van der Waals surface area contributed by atoms with Gasteiger partial charge in [0.25, 0.3) is 0 Å². The largest absolute Gasteiger partial charge is 0.469 e. The fraction of sp³-hybridized carbons (Fsp3) is 0.500. The first-order valence-electron chi connectivity index (χ1n) is 5.80. The molecular weight excluding hydrogens is 200 g/mol. The molecule has 0 bridgehead atoms. The number of hydrogen-bond acceptors (Lipinski definition) is 2. The molecule has 1 saturated carbocycles. The van der Waals surface area contributed by atoms with Crippen molar-refractivity contribution in [2.75, 3.05) is 7.11 Å². The smallest absolute Gasteiger partial charge is 0.312 e. The molecule has 0 heterocycles. The number of aryl methyl sites for hydroxylation is 1. The van der Waals surface area contributed by atoms with Gasteiger partial charge in [-0.25, -0.2) is 0 Å². The van der Waals surface area contributed by atoms with E-state index >= 15 is 0 Å². The highest BCUT2D eigenvalue weighted by Gasteiger charge is 2.45. The minimum Gasteiger partial charge on any atom is -0.469 e. The molecule has 2 nitrogen and oxygen atoms in total. The second-order valence-electron chi connectivity index (χ2n) is 4.79. The average molecular weight is 218 g/mol. The lowest BCUT2D eigenvalue weighted by molar-refractivity contribution is -0.158. The van der Waals surface area contributed by atoms with Gasteiger partial charge in [-0.3, -0.25) is 4.79 Å². The molecule has 2 heteroatoms. The van der Waals surface area contributed by atoms with E-state index < -0.39 is 0 Å². The van der Waals surface area contributed by atoms with Crippen LogP contribution in [-0.2, 0) is 16.0 Å². The first kappa shape index (κ1) is 11.2. The highest BCUT2D eigenvalue weighted by molar-refractivity contribution is 5.78. The van der Waals surface area contributed by atoms with Crippen LogP contribution in [0.15, 0.2) is 24.3 Å². The van der Waals surface area contributed by atoms with Crippen LogP contribution in [0.25, 0.3) is 0 Å². The van der Waals surface area contributed by atoms with Crippen molar-refractivity contribution in [2.45, 2.75) is 32.6 Å². The predicted octanol–water partition coefficient (Wildman–Crippen LogP) is 2.88. The number of hydrogen-bond donors (Lipinski definition) is 0. The zero-order chi connectivity index (χ0) is 11.6. The van der Waals surface area contributed by atoms with E-state index in [1.165, 1.54) is 18.2 Å². The highest BCUT2D eigenvalue weighted by atomic mass is 16.5. The molecule has 1 aromatic rings. The van der Waals surface area contributed by atoms with Gasteiger partial charge in [0.05, 0.1) is 12.5 Å². The Labute approximate surface area is 96.6 Å². The Kier molecular flexibility index (Phi) is 2.99. The fourth-order valence-electron chi connectivity index (χ4n) is 2.49. The summed E-state index contributed by atoms with van der Waals surface area (Å²) in [6.45, 7) is 2.08. The van der Waals surface area contributed by atoms with Crippen LogP contribution in [0, 0.1) is 12.3 Å². The Bertz CT molecular complexity index is 391. The van der Waals surface area contributed by atoms with Crippen LogP contribution in [0.5, 0.6) is 0 Å². The molecule has 0 spiro atoms. The molecule has 0 aliphatic heterocycles. The van der Waals surface area contributed by atoms with Gasteiger partial charge < -0.3 is 4.74 Å². The third-order valence-electron chi connectivity index (χ3n) is 3.55. The van der Waals surface area contributed by atoms with Crippen LogP contribution in [-0.4, -0.2) is 13.1 Å². The Morgan fingerprint density at radius 1 is 1.44 bits per heavy atom. The van der Waals surface area contributed by atoms with Crippen LogP contribution in [0.3, 0.4) is 0 Å². The number of benzene rings is 1. The molecule has 0 N–H and O–H groups in total. The van der Waals surface area contributed by atoms with Crippen molar-refractivity contribution >= 4 is 5.97 Å². The number of esters is 1. The lowest BCUT2D eigenvalue weighted by Gasteiger charge is -2.39. The van der Waals surface area contributed by atoms with E-state index in [4.69, 9.17) is 4.74 Å². The standard InChI is InChI=1S/C14H18O2/c1-11-5-3-6-12(9-11)10-14(7-4-8-14)13(15)16-2/h3,5-6,9H,4,7-8,10H2,1-2H3. The highest BCUT2D eigenvalue weighted by Crippen LogP contribution is 2.44. The molecule has 1 aromatic carbocycles. The van der Waals surface area contributed by atoms with Crippen molar-refractivity contribution < 1.29 is 9.53 Å². The summed E-state index contributed by atoms with van der Waals surface area (Å²) in [5.41, 5.74) is 2.25. The zero-order valence-corrected chi connectivity index (χ0v) is 9.95. The first-order chi connectivity index (χ1) is 7.66. The normalized spacial score (nSPS) is 17.6. The molecule has 1 fully saturated rings. The summed E-state index contributed by atoms with van der Waals surface area (Å²) in [4.78, 5) is 11.8. The quantitative estimate of drug-likeness (QED) is 0.729. The molecule has 16 heavy (non-hydrogen) atoms. The monoisotopic (exact) mass is 218 g/mol. The van der Waals surface area contributed by atoms with Gasteiger partial charge in [-0.2, -0.15) is 0 Å². The minimum atomic E-state index is -0.234. The Morgan fingerprint density at radius 3 is 2.69 bits per heavy atom. The molecule has 1 aliphatic rings. The van der Waals surface area contributed by atoms with Crippen LogP contribution < -0.4 is 0 Å². The molecule has 0 saturated heterocycles. The summed E-state index contributed by atoms with van der Waals surface area (Å²) in [7, 11) is 1.48. The molecule has 0 unspecified atom stereocenters. The van der Waals surface area contributed by atoms with Gasteiger partial charge in [0.1, 0.15) is 0 Å². The molecule has 1 aliphatic carbocycles.